The molecule has 1 heterocycles. The second-order valence-corrected chi connectivity index (χ2v) is 1.78. The molecule has 4 nitrogen and oxygen atoms in total. The summed E-state index contributed by atoms with van der Waals surface area (Å²) in [6.45, 7) is -2.44. The molecule has 0 amide bonds. The van der Waals surface area contributed by atoms with Gasteiger partial charge in [-0.1, -0.05) is 0 Å². The van der Waals surface area contributed by atoms with Crippen LogP contribution in [0.5, 0.6) is 0 Å². The first-order chi connectivity index (χ1) is 5.95. The summed E-state index contributed by atoms with van der Waals surface area (Å²) in [4.78, 5) is 14.5. The molecule has 1 rings (SSSR count). The van der Waals surface area contributed by atoms with Gasteiger partial charge in [-0.15, -0.1) is 0 Å². The van der Waals surface area contributed by atoms with Crippen LogP contribution in [0.25, 0.3) is 0 Å². The van der Waals surface area contributed by atoms with Crippen molar-refractivity contribution in [2.75, 3.05) is 13.7 Å². The van der Waals surface area contributed by atoms with Crippen molar-refractivity contribution in [3.8, 4) is 0 Å². The summed E-state index contributed by atoms with van der Waals surface area (Å²) in [5.74, 6) is -0.956. The van der Waals surface area contributed by atoms with Crippen LogP contribution >= 0.6 is 0 Å². The molecule has 0 saturated heterocycles. The number of esters is 1. The number of methoxy groups -OCH3 is 1. The highest BCUT2D eigenvalue weighted by Gasteiger charge is 2.23. The number of ether oxygens (including phenoxy) is 2. The molecule has 1 aliphatic heterocycles. The second-order valence-electron chi connectivity index (χ2n) is 1.78. The first kappa shape index (κ1) is 3.95. The maximum Gasteiger partial charge on any atom is 0.334 e. The average Bonchev–Trinajstić information content (AvgIpc) is 2.50. The first-order valence-electron chi connectivity index (χ1n) is 4.24. The van der Waals surface area contributed by atoms with Crippen molar-refractivity contribution in [3.63, 3.8) is 0 Å². The minimum absolute atomic E-state index is 0.0552. The lowest BCUT2D eigenvalue weighted by Gasteiger charge is -1.99. The second kappa shape index (κ2) is 2.68. The summed E-state index contributed by atoms with van der Waals surface area (Å²) in [6, 6.07) is -0.833. The highest BCUT2D eigenvalue weighted by atomic mass is 16.5. The minimum atomic E-state index is -2.39. The van der Waals surface area contributed by atoms with E-state index in [-0.39, 0.29) is 12.5 Å². The van der Waals surface area contributed by atoms with Crippen molar-refractivity contribution in [3.05, 3.63) is 0 Å². The van der Waals surface area contributed by atoms with Crippen LogP contribution in [0.2, 0.25) is 0 Å². The number of nitrogens with zero attached hydrogens (tertiary/aromatic N) is 1. The normalized spacial score (nSPS) is 29.1. The third-order valence-corrected chi connectivity index (χ3v) is 1.12. The summed E-state index contributed by atoms with van der Waals surface area (Å²) in [5.41, 5.74) is 0. The fraction of sp³-hybridized carbons (Fsp3) is 0.667. The van der Waals surface area contributed by atoms with E-state index in [0.29, 0.717) is 0 Å². The van der Waals surface area contributed by atoms with Crippen molar-refractivity contribution >= 4 is 11.9 Å². The van der Waals surface area contributed by atoms with Gasteiger partial charge in [-0.3, -0.25) is 0 Å². The topological polar surface area (TPSA) is 47.9 Å². The third kappa shape index (κ3) is 1.26. The maximum atomic E-state index is 10.9. The van der Waals surface area contributed by atoms with Gasteiger partial charge in [-0.25, -0.2) is 9.79 Å². The fourth-order valence-electron chi connectivity index (χ4n) is 0.631. The molecule has 4 heteroatoms. The van der Waals surface area contributed by atoms with E-state index < -0.39 is 18.9 Å². The smallest absolute Gasteiger partial charge is 0.334 e. The Bertz CT molecular complexity index is 248. The van der Waals surface area contributed by atoms with Crippen LogP contribution in [0.1, 0.15) is 11.0 Å². The Hall–Kier alpha value is -1.06. The Labute approximate surface area is 63.1 Å². The van der Waals surface area contributed by atoms with Gasteiger partial charge >= 0.3 is 5.97 Å². The molecule has 1 unspecified atom stereocenters. The van der Waals surface area contributed by atoms with Crippen LogP contribution in [0.4, 0.5) is 0 Å². The van der Waals surface area contributed by atoms with E-state index in [9.17, 15) is 4.79 Å². The van der Waals surface area contributed by atoms with Gasteiger partial charge in [0.1, 0.15) is 6.61 Å². The Morgan fingerprint density at radius 2 is 2.90 bits per heavy atom. The molecule has 0 aromatic heterocycles. The van der Waals surface area contributed by atoms with Gasteiger partial charge in [-0.2, -0.15) is 0 Å². The van der Waals surface area contributed by atoms with Crippen LogP contribution in [0.3, 0.4) is 0 Å². The summed E-state index contributed by atoms with van der Waals surface area (Å²) >= 11 is 0. The zero-order valence-corrected chi connectivity index (χ0v) is 5.46. The molecule has 0 spiro atoms. The van der Waals surface area contributed by atoms with Gasteiger partial charge in [0.25, 0.3) is 0 Å². The minimum Gasteiger partial charge on any atom is -0.478 e. The molecular formula is C6H9NO3. The van der Waals surface area contributed by atoms with Gasteiger partial charge in [0, 0.05) is 11.0 Å². The lowest BCUT2D eigenvalue weighted by molar-refractivity contribution is -0.142. The van der Waals surface area contributed by atoms with Crippen molar-refractivity contribution in [1.82, 2.24) is 0 Å². The van der Waals surface area contributed by atoms with Crippen LogP contribution in [0, 0.1) is 0 Å². The van der Waals surface area contributed by atoms with E-state index >= 15 is 0 Å². The summed E-state index contributed by atoms with van der Waals surface area (Å²) < 4.78 is 30.0. The van der Waals surface area contributed by atoms with E-state index in [1.807, 2.05) is 0 Å². The van der Waals surface area contributed by atoms with Crippen molar-refractivity contribution in [1.29, 1.82) is 0 Å². The summed E-state index contributed by atoms with van der Waals surface area (Å²) in [5, 5.41) is 0. The zero-order chi connectivity index (χ0) is 10.1. The Balaban J connectivity index is 2.69. The quantitative estimate of drug-likeness (QED) is 0.488. The molecule has 0 N–H and O–H groups in total. The largest absolute Gasteiger partial charge is 0.478 e. The van der Waals surface area contributed by atoms with E-state index in [1.54, 1.807) is 0 Å². The van der Waals surface area contributed by atoms with Crippen molar-refractivity contribution in [2.24, 2.45) is 4.99 Å². The molecule has 0 aromatic carbocycles. The maximum absolute atomic E-state index is 10.9. The fourth-order valence-corrected chi connectivity index (χ4v) is 0.631. The van der Waals surface area contributed by atoms with E-state index in [1.165, 1.54) is 7.11 Å². The third-order valence-electron chi connectivity index (χ3n) is 1.12. The highest BCUT2D eigenvalue weighted by molar-refractivity contribution is 5.84. The van der Waals surface area contributed by atoms with Gasteiger partial charge in [0.15, 0.2) is 11.9 Å². The molecular weight excluding hydrogens is 134 g/mol. The molecule has 0 radical (unpaired) electrons. The zero-order valence-electron chi connectivity index (χ0n) is 8.46. The van der Waals surface area contributed by atoms with E-state index in [0.717, 1.165) is 0 Å². The molecule has 0 fully saturated rings. The van der Waals surface area contributed by atoms with Crippen LogP contribution in [-0.4, -0.2) is 31.6 Å². The summed E-state index contributed by atoms with van der Waals surface area (Å²) in [6.07, 6.45) is 0. The standard InChI is InChI=1S/C6H9NO3/c1-4-7-5(3-10-4)6(8)9-2/h5H,3H2,1-2H3/i1D3. The molecule has 0 aliphatic carbocycles. The van der Waals surface area contributed by atoms with Crippen LogP contribution < -0.4 is 0 Å². The van der Waals surface area contributed by atoms with Crippen molar-refractivity contribution < 1.29 is 18.4 Å². The molecule has 56 valence electrons. The Morgan fingerprint density at radius 3 is 3.40 bits per heavy atom. The van der Waals surface area contributed by atoms with Crippen LogP contribution in [-0.2, 0) is 14.3 Å². The first-order valence-corrected chi connectivity index (χ1v) is 2.74. The Kier molecular flexibility index (Phi) is 1.06. The predicted molar refractivity (Wildman–Crippen MR) is 34.9 cm³/mol. The van der Waals surface area contributed by atoms with E-state index in [2.05, 4.69) is 9.73 Å². The molecule has 0 saturated carbocycles. The van der Waals surface area contributed by atoms with E-state index in [4.69, 9.17) is 8.85 Å². The molecule has 0 aromatic rings. The summed E-state index contributed by atoms with van der Waals surface area (Å²) in [7, 11) is 1.21. The number of hydrogen-bond donors (Lipinski definition) is 0. The molecule has 1 aliphatic rings. The molecule has 10 heavy (non-hydrogen) atoms. The van der Waals surface area contributed by atoms with Gasteiger partial charge in [-0.05, 0) is 0 Å². The monoisotopic (exact) mass is 146 g/mol. The number of carbonyl (C=O) groups is 1. The number of aliphatic imine (C=N–C) groups is 1. The number of hydrogen-bond acceptors (Lipinski definition) is 4. The highest BCUT2D eigenvalue weighted by Crippen LogP contribution is 2.04. The lowest BCUT2D eigenvalue weighted by atomic mass is 10.3. The lowest BCUT2D eigenvalue weighted by Crippen LogP contribution is -2.21. The SMILES string of the molecule is [2H]C([2H])([2H])C1=NC(C(=O)OC)CO1. The van der Waals surface area contributed by atoms with Gasteiger partial charge in [0.05, 0.1) is 7.11 Å². The van der Waals surface area contributed by atoms with Crippen molar-refractivity contribution in [2.45, 2.75) is 12.9 Å². The van der Waals surface area contributed by atoms with Crippen LogP contribution in [0.15, 0.2) is 4.99 Å². The average molecular weight is 146 g/mol. The number of rotatable bonds is 1. The molecule has 0 bridgehead atoms. The predicted octanol–water partition coefficient (Wildman–Crippen LogP) is -0.0234. The Morgan fingerprint density at radius 1 is 2.10 bits per heavy atom. The van der Waals surface area contributed by atoms with Gasteiger partial charge < -0.3 is 9.47 Å². The molecule has 1 atom stereocenters. The number of carbonyl (C=O) groups excluding carboxylic acids is 1. The van der Waals surface area contributed by atoms with Gasteiger partial charge in [0.2, 0.25) is 0 Å².